The van der Waals surface area contributed by atoms with Crippen LogP contribution in [0.5, 0.6) is 11.6 Å². The minimum absolute atomic E-state index is 0.0700. The van der Waals surface area contributed by atoms with Crippen LogP contribution in [0.4, 0.5) is 0 Å². The minimum atomic E-state index is -4.34. The highest BCUT2D eigenvalue weighted by Gasteiger charge is 2.62. The van der Waals surface area contributed by atoms with E-state index in [-0.39, 0.29) is 49.5 Å². The van der Waals surface area contributed by atoms with Crippen molar-refractivity contribution in [1.29, 1.82) is 0 Å². The molecule has 17 nitrogen and oxygen atoms in total. The summed E-state index contributed by atoms with van der Waals surface area (Å²) in [6, 6.07) is 6.39. The Kier molecular flexibility index (Phi) is 14.1. The Hall–Kier alpha value is -3.91. The summed E-state index contributed by atoms with van der Waals surface area (Å²) < 4.78 is 74.4. The number of nitrogens with one attached hydrogen (secondary N) is 1. The van der Waals surface area contributed by atoms with Gasteiger partial charge in [0.15, 0.2) is 5.78 Å². The average Bonchev–Trinajstić information content (AvgIpc) is 4.10. The van der Waals surface area contributed by atoms with E-state index in [0.29, 0.717) is 43.7 Å². The summed E-state index contributed by atoms with van der Waals surface area (Å²) in [6.07, 6.45) is 8.81. The van der Waals surface area contributed by atoms with Gasteiger partial charge in [-0.1, -0.05) is 32.1 Å². The van der Waals surface area contributed by atoms with E-state index >= 15 is 0 Å². The van der Waals surface area contributed by atoms with Crippen LogP contribution in [0.15, 0.2) is 30.5 Å². The van der Waals surface area contributed by atoms with E-state index in [1.807, 2.05) is 18.2 Å². The first kappa shape index (κ1) is 45.6. The lowest BCUT2D eigenvalue weighted by atomic mass is 9.90. The van der Waals surface area contributed by atoms with E-state index in [2.05, 4.69) is 19.0 Å². The number of carbonyl (C=O) groups is 4. The Morgan fingerprint density at radius 2 is 1.58 bits per heavy atom. The number of carbonyl (C=O) groups excluding carboxylic acids is 4. The SMILES string of the molecule is COc1ccc2c(O[C@@H]3C[C@H]4C(=O)C[C@]5(C(=O)NS(=O)(=O)OC6CC6)C[C@H]5CCCCCCC[C@H](CC(=O)OC(C)(C)C)C(=O)N4C3)nccc2c1.NS(=O)(=O)OC1CC1. The number of ketones is 1. The molecule has 60 heavy (non-hydrogen) atoms. The first-order valence-corrected chi connectivity index (χ1v) is 23.7. The third kappa shape index (κ3) is 12.8. The molecule has 0 unspecified atom stereocenters. The number of aromatic nitrogens is 1. The Balaban J connectivity index is 0.000000676. The van der Waals surface area contributed by atoms with Crippen LogP contribution in [-0.4, -0.2) is 93.9 Å². The van der Waals surface area contributed by atoms with Gasteiger partial charge in [0.1, 0.15) is 17.5 Å². The zero-order valence-corrected chi connectivity index (χ0v) is 36.4. The lowest BCUT2D eigenvalue weighted by molar-refractivity contribution is -0.159. The number of rotatable bonds is 11. The molecule has 2 aliphatic heterocycles. The van der Waals surface area contributed by atoms with Crippen LogP contribution in [0, 0.1) is 17.3 Å². The maximum atomic E-state index is 14.5. The number of nitrogens with two attached hydrogens (primary N) is 1. The highest BCUT2D eigenvalue weighted by molar-refractivity contribution is 7.85. The average molecular weight is 879 g/mol. The molecule has 5 aliphatic rings. The molecule has 2 amide bonds. The summed E-state index contributed by atoms with van der Waals surface area (Å²) in [5, 5.41) is 6.10. The molecule has 1 aromatic carbocycles. The smallest absolute Gasteiger partial charge is 0.362 e. The van der Waals surface area contributed by atoms with Crippen molar-refractivity contribution in [3.63, 3.8) is 0 Å². The summed E-state index contributed by atoms with van der Waals surface area (Å²) in [5.74, 6) is -1.78. The highest BCUT2D eigenvalue weighted by Crippen LogP contribution is 2.58. The van der Waals surface area contributed by atoms with Crippen molar-refractivity contribution < 1.29 is 58.6 Å². The molecule has 3 N–H and O–H groups in total. The number of hydrogen-bond acceptors (Lipinski definition) is 14. The van der Waals surface area contributed by atoms with Crippen LogP contribution < -0.4 is 19.3 Å². The molecule has 3 heterocycles. The predicted octanol–water partition coefficient (Wildman–Crippen LogP) is 4.56. The molecular weight excluding hydrogens is 821 g/mol. The van der Waals surface area contributed by atoms with Crippen LogP contribution in [-0.2, 0) is 52.9 Å². The molecule has 3 saturated carbocycles. The maximum absolute atomic E-state index is 14.5. The van der Waals surface area contributed by atoms with E-state index in [9.17, 15) is 36.0 Å². The molecule has 0 radical (unpaired) electrons. The van der Waals surface area contributed by atoms with Gasteiger partial charge in [0.2, 0.25) is 17.7 Å². The third-order valence-corrected chi connectivity index (χ3v) is 12.9. The van der Waals surface area contributed by atoms with Crippen molar-refractivity contribution in [3.8, 4) is 11.6 Å². The summed E-state index contributed by atoms with van der Waals surface area (Å²) in [4.78, 5) is 61.7. The van der Waals surface area contributed by atoms with Gasteiger partial charge in [0.25, 0.3) is 0 Å². The predicted molar refractivity (Wildman–Crippen MR) is 218 cm³/mol. The van der Waals surface area contributed by atoms with Crippen molar-refractivity contribution in [3.05, 3.63) is 30.5 Å². The number of pyridine rings is 1. The first-order chi connectivity index (χ1) is 28.2. The molecule has 0 bridgehead atoms. The number of Topliss-reactive ketones (excluding diaryl/α,β-unsaturated/α-hetero) is 1. The van der Waals surface area contributed by atoms with Gasteiger partial charge >= 0.3 is 26.6 Å². The first-order valence-electron chi connectivity index (χ1n) is 20.8. The molecule has 5 fully saturated rings. The fraction of sp³-hybridized carbons (Fsp3) is 0.683. The van der Waals surface area contributed by atoms with Crippen molar-refractivity contribution in [2.75, 3.05) is 13.7 Å². The summed E-state index contributed by atoms with van der Waals surface area (Å²) in [7, 11) is -6.42. The summed E-state index contributed by atoms with van der Waals surface area (Å²) in [6.45, 7) is 5.40. The normalized spacial score (nSPS) is 26.6. The van der Waals surface area contributed by atoms with Gasteiger partial charge in [0, 0.05) is 30.3 Å². The van der Waals surface area contributed by atoms with Gasteiger partial charge < -0.3 is 19.1 Å². The second kappa shape index (κ2) is 18.6. The van der Waals surface area contributed by atoms with Gasteiger partial charge in [0.05, 0.1) is 43.7 Å². The van der Waals surface area contributed by atoms with E-state index in [4.69, 9.17) is 18.4 Å². The lowest BCUT2D eigenvalue weighted by Crippen LogP contribution is -2.46. The standard InChI is InChI=1S/C38H51N3O10S.C3H7NO3S/c1-37(2,3)50-33(43)19-25-10-8-6-5-7-9-11-26-21-38(26,36(45)40-52(46,47)51-27-12-13-27)22-32(42)31-20-29(23-41(31)35(25)44)49-34-30-15-14-28(48-4)18-24(30)16-17-39-34;4-8(5,6)7-3-1-2-3/h14-18,25-27,29,31H,5-13,19-23H2,1-4H3,(H,40,45);3H,1-2H2,(H2,4,5,6)/t25-,26-,29-,31+,38-;/m1./s1. The molecule has 19 heteroatoms. The van der Waals surface area contributed by atoms with Gasteiger partial charge in [-0.15, -0.1) is 0 Å². The lowest BCUT2D eigenvalue weighted by Gasteiger charge is -2.29. The monoisotopic (exact) mass is 878 g/mol. The number of methoxy groups -OCH3 is 1. The van der Waals surface area contributed by atoms with Crippen molar-refractivity contribution >= 4 is 54.9 Å². The van der Waals surface area contributed by atoms with Crippen molar-refractivity contribution in [1.82, 2.24) is 14.6 Å². The largest absolute Gasteiger partial charge is 0.497 e. The van der Waals surface area contributed by atoms with E-state index in [1.54, 1.807) is 40.1 Å². The minimum Gasteiger partial charge on any atom is -0.497 e. The van der Waals surface area contributed by atoms with Gasteiger partial charge in [-0.05, 0) is 101 Å². The van der Waals surface area contributed by atoms with Crippen molar-refractivity contribution in [2.24, 2.45) is 22.4 Å². The van der Waals surface area contributed by atoms with Crippen LogP contribution in [0.25, 0.3) is 10.8 Å². The number of nitrogens with zero attached hydrogens (tertiary/aromatic N) is 2. The third-order valence-electron chi connectivity index (χ3n) is 11.4. The number of esters is 1. The van der Waals surface area contributed by atoms with E-state index < -0.39 is 67.7 Å². The summed E-state index contributed by atoms with van der Waals surface area (Å²) >= 11 is 0. The topological polar surface area (TPSA) is 237 Å². The number of amides is 2. The van der Waals surface area contributed by atoms with Gasteiger partial charge in [-0.3, -0.25) is 27.5 Å². The Bertz CT molecular complexity index is 2140. The Morgan fingerprint density at radius 3 is 2.22 bits per heavy atom. The quantitative estimate of drug-likeness (QED) is 0.295. The zero-order chi connectivity index (χ0) is 43.5. The number of fused-ring (bicyclic) bond motifs is 3. The number of hydrogen-bond donors (Lipinski definition) is 2. The Labute approximate surface area is 352 Å². The fourth-order valence-electron chi connectivity index (χ4n) is 8.08. The number of ether oxygens (including phenoxy) is 3. The molecule has 332 valence electrons. The fourth-order valence-corrected chi connectivity index (χ4v) is 9.68. The van der Waals surface area contributed by atoms with E-state index in [0.717, 1.165) is 55.7 Å². The van der Waals surface area contributed by atoms with Crippen LogP contribution in [0.3, 0.4) is 0 Å². The second-order valence-corrected chi connectivity index (χ2v) is 20.2. The molecule has 5 atom stereocenters. The Morgan fingerprint density at radius 1 is 0.917 bits per heavy atom. The van der Waals surface area contributed by atoms with Crippen LogP contribution in [0.2, 0.25) is 0 Å². The molecule has 1 aromatic heterocycles. The maximum Gasteiger partial charge on any atom is 0.362 e. The zero-order valence-electron chi connectivity index (χ0n) is 34.8. The molecule has 0 spiro atoms. The number of benzene rings is 1. The summed E-state index contributed by atoms with van der Waals surface area (Å²) in [5.41, 5.74) is -1.95. The molecule has 7 rings (SSSR count). The van der Waals surface area contributed by atoms with Crippen LogP contribution in [0.1, 0.15) is 117 Å². The second-order valence-electron chi connectivity index (χ2n) is 17.7. The van der Waals surface area contributed by atoms with Gasteiger partial charge in [-0.2, -0.15) is 16.8 Å². The highest BCUT2D eigenvalue weighted by atomic mass is 32.2. The molecule has 2 saturated heterocycles. The molecule has 2 aromatic rings. The van der Waals surface area contributed by atoms with Crippen molar-refractivity contribution in [2.45, 2.75) is 147 Å². The molecule has 3 aliphatic carbocycles. The van der Waals surface area contributed by atoms with E-state index in [1.165, 1.54) is 4.90 Å². The molecular formula is C41H58N4O13S2. The van der Waals surface area contributed by atoms with Crippen LogP contribution >= 0.6 is 0 Å². The van der Waals surface area contributed by atoms with Gasteiger partial charge in [-0.25, -0.2) is 14.8 Å².